The summed E-state index contributed by atoms with van der Waals surface area (Å²) in [5, 5.41) is 15.2. The molecule has 9 heteroatoms. The molecule has 0 saturated carbocycles. The van der Waals surface area contributed by atoms with E-state index in [1.807, 2.05) is 12.1 Å². The predicted octanol–water partition coefficient (Wildman–Crippen LogP) is 2.78. The molecule has 0 bridgehead atoms. The van der Waals surface area contributed by atoms with E-state index in [0.29, 0.717) is 24.4 Å². The Labute approximate surface area is 142 Å². The number of methoxy groups -OCH3 is 1. The molecule has 3 rings (SSSR count). The van der Waals surface area contributed by atoms with Crippen molar-refractivity contribution in [3.05, 3.63) is 53.0 Å². The summed E-state index contributed by atoms with van der Waals surface area (Å²) >= 11 is 0. The summed E-state index contributed by atoms with van der Waals surface area (Å²) in [5.74, 6) is 0.293. The molecule has 2 aromatic heterocycles. The van der Waals surface area contributed by atoms with E-state index in [1.54, 1.807) is 24.4 Å². The molecule has 1 aromatic carbocycles. The Kier molecular flexibility index (Phi) is 4.95. The molecule has 0 saturated heterocycles. The minimum Gasteiger partial charge on any atom is -0.431 e. The number of nitrogens with one attached hydrogen (secondary N) is 1. The number of ether oxygens (including phenoxy) is 2. The number of pyridine rings is 1. The summed E-state index contributed by atoms with van der Waals surface area (Å²) in [6, 6.07) is 9.02. The van der Waals surface area contributed by atoms with Gasteiger partial charge in [0.05, 0.1) is 11.5 Å². The van der Waals surface area contributed by atoms with Gasteiger partial charge in [-0.3, -0.25) is 15.1 Å². The van der Waals surface area contributed by atoms with Crippen LogP contribution in [0.15, 0.2) is 42.9 Å². The highest BCUT2D eigenvalue weighted by Crippen LogP contribution is 2.35. The van der Waals surface area contributed by atoms with E-state index in [9.17, 15) is 10.1 Å². The molecule has 128 valence electrons. The number of fused-ring (bicyclic) bond motifs is 1. The summed E-state index contributed by atoms with van der Waals surface area (Å²) in [6.07, 6.45) is 2.83. The highest BCUT2D eigenvalue weighted by atomic mass is 16.6. The van der Waals surface area contributed by atoms with Gasteiger partial charge in [-0.1, -0.05) is 18.2 Å². The van der Waals surface area contributed by atoms with Crippen molar-refractivity contribution in [2.24, 2.45) is 0 Å². The Bertz CT molecular complexity index is 897. The quantitative estimate of drug-likeness (QED) is 0.396. The van der Waals surface area contributed by atoms with Crippen LogP contribution in [0.25, 0.3) is 10.9 Å². The molecule has 0 aliphatic carbocycles. The van der Waals surface area contributed by atoms with Crippen LogP contribution in [0, 0.1) is 10.1 Å². The molecule has 25 heavy (non-hydrogen) atoms. The SMILES string of the molecule is COCCNc1ncnc(Oc2cccc3cccnc23)c1[N+](=O)[O-]. The second-order valence-corrected chi connectivity index (χ2v) is 4.99. The van der Waals surface area contributed by atoms with Gasteiger partial charge in [-0.2, -0.15) is 4.98 Å². The van der Waals surface area contributed by atoms with Gasteiger partial charge in [0, 0.05) is 25.2 Å². The van der Waals surface area contributed by atoms with Gasteiger partial charge in [0.2, 0.25) is 5.82 Å². The topological polar surface area (TPSA) is 112 Å². The molecule has 0 unspecified atom stereocenters. The van der Waals surface area contributed by atoms with E-state index in [4.69, 9.17) is 9.47 Å². The summed E-state index contributed by atoms with van der Waals surface area (Å²) in [6.45, 7) is 0.744. The molecule has 0 spiro atoms. The highest BCUT2D eigenvalue weighted by Gasteiger charge is 2.25. The maximum Gasteiger partial charge on any atom is 0.373 e. The smallest absolute Gasteiger partial charge is 0.373 e. The number of para-hydroxylation sites is 1. The lowest BCUT2D eigenvalue weighted by molar-refractivity contribution is -0.385. The van der Waals surface area contributed by atoms with Gasteiger partial charge < -0.3 is 14.8 Å². The standard InChI is InChI=1S/C16H15N5O4/c1-24-9-8-18-15-14(21(22)23)16(20-10-19-15)25-12-6-2-4-11-5-3-7-17-13(11)12/h2-7,10H,8-9H2,1H3,(H,18,19,20). The number of anilines is 1. The fourth-order valence-corrected chi connectivity index (χ4v) is 2.27. The van der Waals surface area contributed by atoms with E-state index in [2.05, 4.69) is 20.3 Å². The third-order valence-corrected chi connectivity index (χ3v) is 3.37. The van der Waals surface area contributed by atoms with Gasteiger partial charge in [0.15, 0.2) is 5.75 Å². The second kappa shape index (κ2) is 7.49. The number of benzene rings is 1. The van der Waals surface area contributed by atoms with Gasteiger partial charge >= 0.3 is 11.6 Å². The van der Waals surface area contributed by atoms with Crippen LogP contribution in [-0.4, -0.2) is 40.1 Å². The normalized spacial score (nSPS) is 10.6. The van der Waals surface area contributed by atoms with Crippen molar-refractivity contribution in [2.45, 2.75) is 0 Å². The zero-order valence-corrected chi connectivity index (χ0v) is 13.4. The fraction of sp³-hybridized carbons (Fsp3) is 0.188. The first-order valence-corrected chi connectivity index (χ1v) is 7.44. The first kappa shape index (κ1) is 16.5. The van der Waals surface area contributed by atoms with Crippen molar-refractivity contribution >= 4 is 22.4 Å². The third-order valence-electron chi connectivity index (χ3n) is 3.37. The lowest BCUT2D eigenvalue weighted by Crippen LogP contribution is -2.11. The first-order valence-electron chi connectivity index (χ1n) is 7.44. The Balaban J connectivity index is 1.99. The third kappa shape index (κ3) is 3.61. The van der Waals surface area contributed by atoms with Gasteiger partial charge in [-0.05, 0) is 12.1 Å². The minimum atomic E-state index is -0.580. The summed E-state index contributed by atoms with van der Waals surface area (Å²) < 4.78 is 10.6. The number of hydrogen-bond donors (Lipinski definition) is 1. The van der Waals surface area contributed by atoms with Gasteiger partial charge in [0.1, 0.15) is 11.8 Å². The van der Waals surface area contributed by atoms with Crippen LogP contribution in [0.5, 0.6) is 11.6 Å². The van der Waals surface area contributed by atoms with Crippen molar-refractivity contribution in [1.82, 2.24) is 15.0 Å². The molecule has 3 aromatic rings. The van der Waals surface area contributed by atoms with Crippen LogP contribution < -0.4 is 10.1 Å². The number of nitrogens with zero attached hydrogens (tertiary/aromatic N) is 4. The summed E-state index contributed by atoms with van der Waals surface area (Å²) in [7, 11) is 1.54. The van der Waals surface area contributed by atoms with Crippen LogP contribution in [0.2, 0.25) is 0 Å². The van der Waals surface area contributed by atoms with E-state index in [1.165, 1.54) is 13.4 Å². The molecular weight excluding hydrogens is 326 g/mol. The Hall–Kier alpha value is -3.33. The van der Waals surface area contributed by atoms with Crippen LogP contribution in [-0.2, 0) is 4.74 Å². The predicted molar refractivity (Wildman–Crippen MR) is 90.9 cm³/mol. The van der Waals surface area contributed by atoms with Crippen molar-refractivity contribution in [3.63, 3.8) is 0 Å². The van der Waals surface area contributed by atoms with E-state index < -0.39 is 4.92 Å². The van der Waals surface area contributed by atoms with Crippen molar-refractivity contribution in [2.75, 3.05) is 25.6 Å². The van der Waals surface area contributed by atoms with Gasteiger partial charge in [-0.15, -0.1) is 0 Å². The molecule has 0 amide bonds. The first-order chi connectivity index (χ1) is 12.2. The second-order valence-electron chi connectivity index (χ2n) is 4.99. The van der Waals surface area contributed by atoms with Crippen LogP contribution in [0.1, 0.15) is 0 Å². The van der Waals surface area contributed by atoms with E-state index in [0.717, 1.165) is 5.39 Å². The lowest BCUT2D eigenvalue weighted by atomic mass is 10.2. The molecule has 0 atom stereocenters. The van der Waals surface area contributed by atoms with Gasteiger partial charge in [-0.25, -0.2) is 4.98 Å². The fourth-order valence-electron chi connectivity index (χ4n) is 2.27. The molecule has 0 radical (unpaired) electrons. The van der Waals surface area contributed by atoms with E-state index in [-0.39, 0.29) is 17.4 Å². The van der Waals surface area contributed by atoms with Crippen molar-refractivity contribution in [3.8, 4) is 11.6 Å². The number of aromatic nitrogens is 3. The molecule has 0 fully saturated rings. The van der Waals surface area contributed by atoms with E-state index >= 15 is 0 Å². The maximum atomic E-state index is 11.5. The van der Waals surface area contributed by atoms with Crippen LogP contribution >= 0.6 is 0 Å². The van der Waals surface area contributed by atoms with Crippen LogP contribution in [0.3, 0.4) is 0 Å². The molecule has 2 heterocycles. The minimum absolute atomic E-state index is 0.0697. The Morgan fingerprint density at radius 1 is 1.20 bits per heavy atom. The molecule has 1 N–H and O–H groups in total. The van der Waals surface area contributed by atoms with Crippen molar-refractivity contribution < 1.29 is 14.4 Å². The average molecular weight is 341 g/mol. The Morgan fingerprint density at radius 2 is 2.04 bits per heavy atom. The highest BCUT2D eigenvalue weighted by molar-refractivity contribution is 5.84. The monoisotopic (exact) mass is 341 g/mol. The summed E-state index contributed by atoms with van der Waals surface area (Å²) in [5.41, 5.74) is 0.248. The summed E-state index contributed by atoms with van der Waals surface area (Å²) in [4.78, 5) is 23.0. The zero-order chi connectivity index (χ0) is 17.6. The molecule has 0 aliphatic heterocycles. The Morgan fingerprint density at radius 3 is 2.84 bits per heavy atom. The molecule has 9 nitrogen and oxygen atoms in total. The van der Waals surface area contributed by atoms with Crippen LogP contribution in [0.4, 0.5) is 11.5 Å². The largest absolute Gasteiger partial charge is 0.431 e. The molecule has 0 aliphatic rings. The number of nitro groups is 1. The van der Waals surface area contributed by atoms with Gasteiger partial charge in [0.25, 0.3) is 0 Å². The maximum absolute atomic E-state index is 11.5. The number of rotatable bonds is 7. The lowest BCUT2D eigenvalue weighted by Gasteiger charge is -2.10. The van der Waals surface area contributed by atoms with Crippen molar-refractivity contribution in [1.29, 1.82) is 0 Å². The average Bonchev–Trinajstić information content (AvgIpc) is 2.62. The zero-order valence-electron chi connectivity index (χ0n) is 13.4. The number of hydrogen-bond acceptors (Lipinski definition) is 8. The molecular formula is C16H15N5O4.